The highest BCUT2D eigenvalue weighted by molar-refractivity contribution is 5.69. The van der Waals surface area contributed by atoms with Crippen LogP contribution < -0.4 is 9.47 Å². The summed E-state index contributed by atoms with van der Waals surface area (Å²) < 4.78 is 46.1. The Bertz CT molecular complexity index is 631. The lowest BCUT2D eigenvalue weighted by Crippen LogP contribution is -2.17. The Hall–Kier alpha value is -2.43. The number of halogens is 3. The number of benzene rings is 2. The molecule has 5 heteroatoms. The third kappa shape index (κ3) is 4.02. The Balaban J connectivity index is 2.42. The molecule has 0 aliphatic heterocycles. The summed E-state index contributed by atoms with van der Waals surface area (Å²) >= 11 is 0. The fourth-order valence-electron chi connectivity index (χ4n) is 1.88. The second kappa shape index (κ2) is 5.91. The first-order valence-electron chi connectivity index (χ1n) is 6.09. The van der Waals surface area contributed by atoms with Gasteiger partial charge in [-0.3, -0.25) is 0 Å². The summed E-state index contributed by atoms with van der Waals surface area (Å²) in [4.78, 5) is 0. The van der Waals surface area contributed by atoms with Gasteiger partial charge >= 0.3 is 6.36 Å². The van der Waals surface area contributed by atoms with Gasteiger partial charge in [-0.25, -0.2) is 0 Å². The lowest BCUT2D eigenvalue weighted by Gasteiger charge is -2.12. The van der Waals surface area contributed by atoms with Crippen molar-refractivity contribution in [2.24, 2.45) is 0 Å². The fourth-order valence-corrected chi connectivity index (χ4v) is 1.88. The van der Waals surface area contributed by atoms with Gasteiger partial charge in [0.1, 0.15) is 11.5 Å². The summed E-state index contributed by atoms with van der Waals surface area (Å²) in [6.07, 6.45) is -3.26. The molecular weight excluding hydrogens is 281 g/mol. The van der Waals surface area contributed by atoms with Crippen LogP contribution in [0.3, 0.4) is 0 Å². The van der Waals surface area contributed by atoms with Gasteiger partial charge in [-0.2, -0.15) is 0 Å². The van der Waals surface area contributed by atoms with Crippen molar-refractivity contribution >= 4 is 6.08 Å². The standard InChI is InChI=1S/C16H13F3O2/c1-3-11-8-13(10-15(9-11)21-16(17,18)19)12-4-6-14(20-2)7-5-12/h3-10H,1H2,2H3. The van der Waals surface area contributed by atoms with E-state index in [-0.39, 0.29) is 5.75 Å². The second-order valence-corrected chi connectivity index (χ2v) is 4.27. The minimum Gasteiger partial charge on any atom is -0.497 e. The molecule has 0 spiro atoms. The molecule has 110 valence electrons. The summed E-state index contributed by atoms with van der Waals surface area (Å²) in [7, 11) is 1.54. The first kappa shape index (κ1) is 15.0. The Morgan fingerprint density at radius 3 is 2.14 bits per heavy atom. The van der Waals surface area contributed by atoms with Crippen LogP contribution in [0.1, 0.15) is 5.56 Å². The fraction of sp³-hybridized carbons (Fsp3) is 0.125. The normalized spacial score (nSPS) is 11.0. The molecule has 0 N–H and O–H groups in total. The summed E-state index contributed by atoms with van der Waals surface area (Å²) in [5.74, 6) is 0.399. The van der Waals surface area contributed by atoms with Gasteiger partial charge in [0.25, 0.3) is 0 Å². The van der Waals surface area contributed by atoms with Gasteiger partial charge < -0.3 is 9.47 Å². The molecule has 0 radical (unpaired) electrons. The van der Waals surface area contributed by atoms with Gasteiger partial charge in [-0.1, -0.05) is 24.8 Å². The highest BCUT2D eigenvalue weighted by Crippen LogP contribution is 2.31. The Kier molecular flexibility index (Phi) is 4.21. The van der Waals surface area contributed by atoms with E-state index in [1.165, 1.54) is 18.2 Å². The topological polar surface area (TPSA) is 18.5 Å². The second-order valence-electron chi connectivity index (χ2n) is 4.27. The summed E-state index contributed by atoms with van der Waals surface area (Å²) in [5, 5.41) is 0. The van der Waals surface area contributed by atoms with Gasteiger partial charge in [-0.05, 0) is 47.0 Å². The molecule has 2 rings (SSSR count). The van der Waals surface area contributed by atoms with Crippen molar-refractivity contribution in [1.82, 2.24) is 0 Å². The monoisotopic (exact) mass is 294 g/mol. The van der Waals surface area contributed by atoms with E-state index < -0.39 is 6.36 Å². The first-order valence-corrected chi connectivity index (χ1v) is 6.09. The molecule has 0 unspecified atom stereocenters. The van der Waals surface area contributed by atoms with Crippen molar-refractivity contribution < 1.29 is 22.6 Å². The van der Waals surface area contributed by atoms with E-state index in [0.29, 0.717) is 16.9 Å². The van der Waals surface area contributed by atoms with Crippen LogP contribution in [0.15, 0.2) is 49.0 Å². The molecule has 0 saturated carbocycles. The van der Waals surface area contributed by atoms with Crippen LogP contribution in [-0.2, 0) is 0 Å². The molecule has 0 heterocycles. The minimum absolute atomic E-state index is 0.272. The smallest absolute Gasteiger partial charge is 0.497 e. The van der Waals surface area contributed by atoms with Gasteiger partial charge in [0.05, 0.1) is 7.11 Å². The van der Waals surface area contributed by atoms with E-state index >= 15 is 0 Å². The van der Waals surface area contributed by atoms with Gasteiger partial charge in [0.2, 0.25) is 0 Å². The molecule has 0 aliphatic carbocycles. The SMILES string of the molecule is C=Cc1cc(OC(F)(F)F)cc(-c2ccc(OC)cc2)c1. The Morgan fingerprint density at radius 2 is 1.62 bits per heavy atom. The number of ether oxygens (including phenoxy) is 2. The van der Waals surface area contributed by atoms with Crippen LogP contribution in [0.25, 0.3) is 17.2 Å². The molecule has 2 nitrogen and oxygen atoms in total. The van der Waals surface area contributed by atoms with Crippen molar-refractivity contribution in [2.75, 3.05) is 7.11 Å². The zero-order valence-electron chi connectivity index (χ0n) is 11.3. The average Bonchev–Trinajstić information content (AvgIpc) is 2.45. The van der Waals surface area contributed by atoms with Gasteiger partial charge in [0, 0.05) is 0 Å². The van der Waals surface area contributed by atoms with E-state index in [9.17, 15) is 13.2 Å². The maximum absolute atomic E-state index is 12.3. The molecule has 2 aromatic rings. The molecule has 0 amide bonds. The number of methoxy groups -OCH3 is 1. The summed E-state index contributed by atoms with van der Waals surface area (Å²) in [6, 6.07) is 11.4. The molecule has 0 fully saturated rings. The van der Waals surface area contributed by atoms with Crippen molar-refractivity contribution in [1.29, 1.82) is 0 Å². The third-order valence-corrected chi connectivity index (χ3v) is 2.82. The van der Waals surface area contributed by atoms with Crippen LogP contribution in [0.5, 0.6) is 11.5 Å². The average molecular weight is 294 g/mol. The van der Waals surface area contributed by atoms with Crippen molar-refractivity contribution in [3.63, 3.8) is 0 Å². The van der Waals surface area contributed by atoms with E-state index in [2.05, 4.69) is 11.3 Å². The molecule has 0 atom stereocenters. The summed E-state index contributed by atoms with van der Waals surface area (Å²) in [6.45, 7) is 3.57. The van der Waals surface area contributed by atoms with E-state index in [0.717, 1.165) is 5.56 Å². The van der Waals surface area contributed by atoms with Gasteiger partial charge in [0.15, 0.2) is 0 Å². The molecule has 2 aromatic carbocycles. The number of alkyl halides is 3. The zero-order chi connectivity index (χ0) is 15.5. The minimum atomic E-state index is -4.73. The lowest BCUT2D eigenvalue weighted by molar-refractivity contribution is -0.274. The van der Waals surface area contributed by atoms with Crippen LogP contribution in [-0.4, -0.2) is 13.5 Å². The van der Waals surface area contributed by atoms with Crippen LogP contribution >= 0.6 is 0 Å². The molecular formula is C16H13F3O2. The molecule has 0 aromatic heterocycles. The quantitative estimate of drug-likeness (QED) is 0.798. The Labute approximate surface area is 120 Å². The number of hydrogen-bond donors (Lipinski definition) is 0. The lowest BCUT2D eigenvalue weighted by atomic mass is 10.0. The van der Waals surface area contributed by atoms with Crippen molar-refractivity contribution in [3.8, 4) is 22.6 Å². The number of rotatable bonds is 4. The molecule has 0 aliphatic rings. The molecule has 21 heavy (non-hydrogen) atoms. The predicted octanol–water partition coefficient (Wildman–Crippen LogP) is 4.90. The van der Waals surface area contributed by atoms with Crippen LogP contribution in [0.4, 0.5) is 13.2 Å². The van der Waals surface area contributed by atoms with Gasteiger partial charge in [-0.15, -0.1) is 13.2 Å². The largest absolute Gasteiger partial charge is 0.573 e. The van der Waals surface area contributed by atoms with Crippen molar-refractivity contribution in [2.45, 2.75) is 6.36 Å². The maximum Gasteiger partial charge on any atom is 0.573 e. The van der Waals surface area contributed by atoms with Crippen LogP contribution in [0.2, 0.25) is 0 Å². The first-order chi connectivity index (χ1) is 9.91. The van der Waals surface area contributed by atoms with Crippen molar-refractivity contribution in [3.05, 3.63) is 54.6 Å². The Morgan fingerprint density at radius 1 is 0.952 bits per heavy atom. The summed E-state index contributed by atoms with van der Waals surface area (Å²) in [5.41, 5.74) is 1.91. The highest BCUT2D eigenvalue weighted by Gasteiger charge is 2.31. The van der Waals surface area contributed by atoms with E-state index in [1.54, 1.807) is 37.4 Å². The predicted molar refractivity (Wildman–Crippen MR) is 75.2 cm³/mol. The number of hydrogen-bond acceptors (Lipinski definition) is 2. The highest BCUT2D eigenvalue weighted by atomic mass is 19.4. The molecule has 0 saturated heterocycles. The van der Waals surface area contributed by atoms with E-state index in [4.69, 9.17) is 4.74 Å². The molecule has 0 bridgehead atoms. The zero-order valence-corrected chi connectivity index (χ0v) is 11.3. The van der Waals surface area contributed by atoms with Crippen LogP contribution in [0, 0.1) is 0 Å². The third-order valence-electron chi connectivity index (χ3n) is 2.82. The van der Waals surface area contributed by atoms with E-state index in [1.807, 2.05) is 0 Å². The maximum atomic E-state index is 12.3.